The van der Waals surface area contributed by atoms with E-state index in [0.29, 0.717) is 0 Å². The number of hydrogen-bond acceptors (Lipinski definition) is 6. The normalized spacial score (nSPS) is 9.17. The second-order valence-corrected chi connectivity index (χ2v) is 4.24. The highest BCUT2D eigenvalue weighted by Gasteiger charge is 2.02. The van der Waals surface area contributed by atoms with Gasteiger partial charge in [0.2, 0.25) is 0 Å². The average Bonchev–Trinajstić information content (AvgIpc) is 2.12. The molecule has 6 N–H and O–H groups in total. The number of quaternary nitrogens is 1. The fourth-order valence-corrected chi connectivity index (χ4v) is 0.524. The number of aliphatic hydroxyl groups excluding tert-OH is 3. The van der Waals surface area contributed by atoms with Crippen molar-refractivity contribution in [3.8, 4) is 0 Å². The quantitative estimate of drug-likeness (QED) is 0.171. The van der Waals surface area contributed by atoms with E-state index < -0.39 is 7.32 Å². The summed E-state index contributed by atoms with van der Waals surface area (Å²) in [6.07, 6.45) is 1.44. The van der Waals surface area contributed by atoms with Crippen molar-refractivity contribution >= 4 is 7.32 Å². The zero-order valence-electron chi connectivity index (χ0n) is 11.3. The van der Waals surface area contributed by atoms with Crippen LogP contribution in [0.4, 0.5) is 0 Å². The van der Waals surface area contributed by atoms with Crippen molar-refractivity contribution in [1.82, 2.24) is 0 Å². The van der Waals surface area contributed by atoms with Gasteiger partial charge in [-0.25, -0.2) is 0 Å². The van der Waals surface area contributed by atoms with Crippen LogP contribution >= 0.6 is 0 Å². The Morgan fingerprint density at radius 3 is 1.11 bits per heavy atom. The summed E-state index contributed by atoms with van der Waals surface area (Å²) < 4.78 is 0.844. The molecule has 0 aliphatic heterocycles. The molecule has 0 aromatic rings. The Hall–Kier alpha value is 0.0749. The van der Waals surface area contributed by atoms with Gasteiger partial charge in [0.15, 0.2) is 0 Å². The molecular weight excluding hydrogens is 264 g/mol. The maximum Gasteiger partial charge on any atom is 0.631 e. The van der Waals surface area contributed by atoms with Crippen LogP contribution in [0.2, 0.25) is 0 Å². The monoisotopic (exact) mass is 291 g/mol. The van der Waals surface area contributed by atoms with Gasteiger partial charge in [-0.05, 0) is 12.8 Å². The molecule has 0 aromatic carbocycles. The predicted octanol–water partition coefficient (Wildman–Crippen LogP) is -5.61. The molecule has 0 unspecified atom stereocenters. The van der Waals surface area contributed by atoms with Crippen molar-refractivity contribution in [2.24, 2.45) is 0 Å². The minimum absolute atomic E-state index is 0. The van der Waals surface area contributed by atoms with Gasteiger partial charge in [-0.2, -0.15) is 0 Å². The SMILES string of the molecule is C[N+](C)(C)CCO.OB(O)O.OCCCCO.[Cl-]. The van der Waals surface area contributed by atoms with E-state index in [2.05, 4.69) is 21.1 Å². The van der Waals surface area contributed by atoms with E-state index in [1.807, 2.05) is 0 Å². The number of nitrogens with zero attached hydrogens (tertiary/aromatic N) is 1. The lowest BCUT2D eigenvalue weighted by atomic mass is 10.3. The maximum absolute atomic E-state index is 8.39. The van der Waals surface area contributed by atoms with Gasteiger partial charge < -0.3 is 47.3 Å². The first-order valence-corrected chi connectivity index (χ1v) is 5.38. The van der Waals surface area contributed by atoms with Gasteiger partial charge in [-0.3, -0.25) is 0 Å². The first kappa shape index (κ1) is 26.6. The predicted molar refractivity (Wildman–Crippen MR) is 65.8 cm³/mol. The summed E-state index contributed by atoms with van der Waals surface area (Å²) in [4.78, 5) is 0. The molecule has 7 nitrogen and oxygen atoms in total. The van der Waals surface area contributed by atoms with Crippen LogP contribution in [-0.4, -0.2) is 89.7 Å². The molecule has 0 bridgehead atoms. The molecule has 9 heteroatoms. The molecule has 0 saturated carbocycles. The third-order valence-electron chi connectivity index (χ3n) is 1.34. The molecule has 18 heavy (non-hydrogen) atoms. The Kier molecular flexibility index (Phi) is 28.7. The zero-order chi connectivity index (χ0) is 14.3. The molecule has 0 rings (SSSR count). The van der Waals surface area contributed by atoms with Crippen molar-refractivity contribution in [2.75, 3.05) is 47.5 Å². The third-order valence-corrected chi connectivity index (χ3v) is 1.34. The molecular formula is C9H27BClNO6. The molecule has 0 spiro atoms. The average molecular weight is 292 g/mol. The maximum atomic E-state index is 8.39. The lowest BCUT2D eigenvalue weighted by Gasteiger charge is -2.21. The molecule has 0 fully saturated rings. The first-order valence-electron chi connectivity index (χ1n) is 5.38. The standard InChI is InChI=1S/C5H14NO.C4H10O2.BH3O3.ClH/c1-6(2,3)4-5-7;5-3-1-2-4-6;2-1(3)4;/h7H,4-5H2,1-3H3;5-6H,1-4H2;2-4H;1H/q+1;;;/p-1. The molecule has 0 atom stereocenters. The highest BCUT2D eigenvalue weighted by molar-refractivity contribution is 6.30. The van der Waals surface area contributed by atoms with Crippen LogP contribution in [0, 0.1) is 0 Å². The van der Waals surface area contributed by atoms with E-state index >= 15 is 0 Å². The number of aliphatic hydroxyl groups is 3. The Morgan fingerprint density at radius 2 is 1.06 bits per heavy atom. The Balaban J connectivity index is -0.0000000823. The van der Waals surface area contributed by atoms with E-state index in [0.717, 1.165) is 23.9 Å². The van der Waals surface area contributed by atoms with Gasteiger partial charge in [0.05, 0.1) is 27.7 Å². The highest BCUT2D eigenvalue weighted by atomic mass is 35.5. The van der Waals surface area contributed by atoms with Gasteiger partial charge in [0.25, 0.3) is 0 Å². The molecule has 0 amide bonds. The van der Waals surface area contributed by atoms with E-state index in [9.17, 15) is 0 Å². The molecule has 114 valence electrons. The van der Waals surface area contributed by atoms with Crippen molar-refractivity contribution in [1.29, 1.82) is 0 Å². The summed E-state index contributed by atoms with van der Waals surface area (Å²) in [5.74, 6) is 0. The summed E-state index contributed by atoms with van der Waals surface area (Å²) in [7, 11) is 3.99. The van der Waals surface area contributed by atoms with Crippen LogP contribution in [-0.2, 0) is 0 Å². The lowest BCUT2D eigenvalue weighted by Crippen LogP contribution is -3.00. The molecule has 0 aliphatic rings. The number of hydrogen-bond donors (Lipinski definition) is 6. The Morgan fingerprint density at radius 1 is 0.778 bits per heavy atom. The second kappa shape index (κ2) is 19.4. The fraction of sp³-hybridized carbons (Fsp3) is 1.00. The smallest absolute Gasteiger partial charge is 0.631 e. The highest BCUT2D eigenvalue weighted by Crippen LogP contribution is 1.84. The molecule has 0 heterocycles. The van der Waals surface area contributed by atoms with Gasteiger partial charge in [0, 0.05) is 13.2 Å². The fourth-order valence-electron chi connectivity index (χ4n) is 0.524. The summed E-state index contributed by atoms with van der Waals surface area (Å²) in [6, 6.07) is 0. The van der Waals surface area contributed by atoms with Crippen molar-refractivity contribution < 1.29 is 47.3 Å². The molecule has 0 saturated heterocycles. The van der Waals surface area contributed by atoms with Crippen molar-refractivity contribution in [3.05, 3.63) is 0 Å². The molecule has 0 aliphatic carbocycles. The minimum Gasteiger partial charge on any atom is -1.00 e. The van der Waals surface area contributed by atoms with E-state index in [1.54, 1.807) is 0 Å². The Bertz CT molecular complexity index is 130. The summed E-state index contributed by atoms with van der Waals surface area (Å²) in [5, 5.41) is 46.1. The number of unbranched alkanes of at least 4 members (excludes halogenated alkanes) is 1. The van der Waals surface area contributed by atoms with Gasteiger partial charge in [0.1, 0.15) is 6.54 Å². The van der Waals surface area contributed by atoms with Crippen LogP contribution in [0.25, 0.3) is 0 Å². The lowest BCUT2D eigenvalue weighted by molar-refractivity contribution is -0.870. The molecule has 0 radical (unpaired) electrons. The van der Waals surface area contributed by atoms with Gasteiger partial charge >= 0.3 is 7.32 Å². The number of halogens is 1. The first-order chi connectivity index (χ1) is 7.71. The number of rotatable bonds is 5. The van der Waals surface area contributed by atoms with Crippen LogP contribution in [0.5, 0.6) is 0 Å². The van der Waals surface area contributed by atoms with Crippen molar-refractivity contribution in [2.45, 2.75) is 12.8 Å². The topological polar surface area (TPSA) is 121 Å². The largest absolute Gasteiger partial charge is 1.00 e. The van der Waals surface area contributed by atoms with Gasteiger partial charge in [-0.1, -0.05) is 0 Å². The summed E-state index contributed by atoms with van der Waals surface area (Å²) >= 11 is 0. The van der Waals surface area contributed by atoms with E-state index in [4.69, 9.17) is 30.4 Å². The zero-order valence-corrected chi connectivity index (χ0v) is 12.1. The van der Waals surface area contributed by atoms with Crippen LogP contribution in [0.1, 0.15) is 12.8 Å². The third kappa shape index (κ3) is 73.0. The van der Waals surface area contributed by atoms with E-state index in [-0.39, 0.29) is 32.2 Å². The number of likely N-dealkylation sites (N-methyl/N-ethyl adjacent to an activating group) is 1. The summed E-state index contributed by atoms with van der Waals surface area (Å²) in [5.41, 5.74) is 0. The van der Waals surface area contributed by atoms with Crippen LogP contribution in [0.15, 0.2) is 0 Å². The van der Waals surface area contributed by atoms with E-state index in [1.165, 1.54) is 0 Å². The summed E-state index contributed by atoms with van der Waals surface area (Å²) in [6.45, 7) is 1.50. The van der Waals surface area contributed by atoms with Crippen molar-refractivity contribution in [3.63, 3.8) is 0 Å². The minimum atomic E-state index is -2.17. The van der Waals surface area contributed by atoms with Gasteiger partial charge in [-0.15, -0.1) is 0 Å². The molecule has 0 aromatic heterocycles. The second-order valence-electron chi connectivity index (χ2n) is 4.24. The van der Waals surface area contributed by atoms with Crippen LogP contribution < -0.4 is 12.4 Å². The van der Waals surface area contributed by atoms with Crippen LogP contribution in [0.3, 0.4) is 0 Å². The Labute approximate surface area is 115 Å².